The molecule has 1 aliphatic heterocycles. The molecule has 0 spiro atoms. The molecular weight excluding hydrogens is 492 g/mol. The Kier molecular flexibility index (Phi) is 8.42. The van der Waals surface area contributed by atoms with Gasteiger partial charge in [0.15, 0.2) is 0 Å². The minimum absolute atomic E-state index is 0.119. The van der Waals surface area contributed by atoms with Crippen LogP contribution in [0.2, 0.25) is 0 Å². The number of hydrogen-bond donors (Lipinski definition) is 1. The molecule has 2 aromatic heterocycles. The third kappa shape index (κ3) is 5.85. The number of nitrogens with zero attached hydrogens (tertiary/aromatic N) is 3. The molecular formula is C35H38N4O. The molecule has 6 rings (SSSR count). The van der Waals surface area contributed by atoms with Crippen molar-refractivity contribution in [2.24, 2.45) is 0 Å². The quantitative estimate of drug-likeness (QED) is 0.250. The maximum absolute atomic E-state index is 12.5. The number of anilines is 1. The smallest absolute Gasteiger partial charge is 0.257 e. The Balaban J connectivity index is 0.00000158. The minimum atomic E-state index is -0.119. The van der Waals surface area contributed by atoms with Gasteiger partial charge in [0.1, 0.15) is 0 Å². The molecule has 1 saturated heterocycles. The van der Waals surface area contributed by atoms with Crippen LogP contribution < -0.4 is 10.5 Å². The maximum atomic E-state index is 12.5. The van der Waals surface area contributed by atoms with Gasteiger partial charge in [-0.1, -0.05) is 80.6 Å². The van der Waals surface area contributed by atoms with E-state index in [1.807, 2.05) is 44.2 Å². The lowest BCUT2D eigenvalue weighted by Gasteiger charge is -2.18. The van der Waals surface area contributed by atoms with Crippen LogP contribution in [0.4, 0.5) is 5.69 Å². The Bertz CT molecular complexity index is 1610. The van der Waals surface area contributed by atoms with Crippen LogP contribution in [0.1, 0.15) is 37.3 Å². The highest BCUT2D eigenvalue weighted by atomic mass is 16.1. The number of fused-ring (bicyclic) bond motifs is 1. The summed E-state index contributed by atoms with van der Waals surface area (Å²) in [7, 11) is 4.16. The van der Waals surface area contributed by atoms with E-state index in [4.69, 9.17) is 4.98 Å². The summed E-state index contributed by atoms with van der Waals surface area (Å²) in [5, 5.41) is 0.603. The van der Waals surface area contributed by atoms with Gasteiger partial charge >= 0.3 is 0 Å². The zero-order chi connectivity index (χ0) is 28.1. The number of aromatic nitrogens is 2. The lowest BCUT2D eigenvalue weighted by Crippen LogP contribution is -2.19. The van der Waals surface area contributed by atoms with Crippen LogP contribution in [0.5, 0.6) is 0 Å². The van der Waals surface area contributed by atoms with E-state index in [1.54, 1.807) is 6.20 Å². The fourth-order valence-electron chi connectivity index (χ4n) is 5.49. The van der Waals surface area contributed by atoms with Gasteiger partial charge in [-0.05, 0) is 59.8 Å². The van der Waals surface area contributed by atoms with E-state index in [1.165, 1.54) is 23.2 Å². The predicted octanol–water partition coefficient (Wildman–Crippen LogP) is 7.34. The van der Waals surface area contributed by atoms with Gasteiger partial charge in [0.05, 0.1) is 16.6 Å². The highest BCUT2D eigenvalue weighted by Gasteiger charge is 2.24. The molecule has 0 saturated carbocycles. The van der Waals surface area contributed by atoms with Crippen molar-refractivity contribution in [2.45, 2.75) is 32.7 Å². The van der Waals surface area contributed by atoms with Crippen molar-refractivity contribution in [3.05, 3.63) is 119 Å². The third-order valence-corrected chi connectivity index (χ3v) is 7.62. The van der Waals surface area contributed by atoms with E-state index >= 15 is 0 Å². The number of aromatic amines is 1. The molecule has 1 N–H and O–H groups in total. The van der Waals surface area contributed by atoms with E-state index in [-0.39, 0.29) is 5.56 Å². The van der Waals surface area contributed by atoms with Gasteiger partial charge in [0.2, 0.25) is 0 Å². The van der Waals surface area contributed by atoms with Crippen molar-refractivity contribution >= 4 is 16.6 Å². The van der Waals surface area contributed by atoms with Crippen LogP contribution in [0.3, 0.4) is 0 Å². The summed E-state index contributed by atoms with van der Waals surface area (Å²) in [6.07, 6.45) is 2.85. The number of likely N-dealkylation sites (tertiary alicyclic amines) is 1. The molecule has 0 radical (unpaired) electrons. The zero-order valence-corrected chi connectivity index (χ0v) is 23.9. The molecule has 0 bridgehead atoms. The Morgan fingerprint density at radius 1 is 0.900 bits per heavy atom. The Hall–Kier alpha value is -4.22. The van der Waals surface area contributed by atoms with Gasteiger partial charge in [-0.3, -0.25) is 9.69 Å². The van der Waals surface area contributed by atoms with Gasteiger partial charge < -0.3 is 9.88 Å². The van der Waals surface area contributed by atoms with E-state index in [9.17, 15) is 4.79 Å². The van der Waals surface area contributed by atoms with Crippen LogP contribution >= 0.6 is 0 Å². The standard InChI is InChI=1S/C33H32N4O.C2H6/c1-36(2)28-14-12-24(13-15-28)27-17-19-37(22-27)21-23-8-10-26(11-9-23)32-29(25-6-4-3-5-7-25)20-30-31(35-32)16-18-34-33(30)38;1-2/h3-16,18,20,27H,17,19,21-22H2,1-2H3,(H,34,38);1-2H3. The molecule has 5 nitrogen and oxygen atoms in total. The van der Waals surface area contributed by atoms with Crippen molar-refractivity contribution in [3.8, 4) is 22.4 Å². The van der Waals surface area contributed by atoms with Crippen molar-refractivity contribution in [2.75, 3.05) is 32.1 Å². The van der Waals surface area contributed by atoms with Crippen LogP contribution in [0.25, 0.3) is 33.3 Å². The second-order valence-corrected chi connectivity index (χ2v) is 10.4. The molecule has 1 atom stereocenters. The van der Waals surface area contributed by atoms with Crippen molar-refractivity contribution in [1.29, 1.82) is 0 Å². The summed E-state index contributed by atoms with van der Waals surface area (Å²) < 4.78 is 0. The molecule has 5 heteroatoms. The van der Waals surface area contributed by atoms with E-state index < -0.39 is 0 Å². The fraction of sp³-hybridized carbons (Fsp3) is 0.257. The van der Waals surface area contributed by atoms with Crippen LogP contribution in [-0.4, -0.2) is 42.1 Å². The summed E-state index contributed by atoms with van der Waals surface area (Å²) in [6.45, 7) is 7.14. The van der Waals surface area contributed by atoms with Gasteiger partial charge in [0, 0.05) is 50.2 Å². The first-order valence-electron chi connectivity index (χ1n) is 14.2. The molecule has 1 aliphatic rings. The summed E-state index contributed by atoms with van der Waals surface area (Å²) in [5.41, 5.74) is 8.51. The van der Waals surface area contributed by atoms with Gasteiger partial charge in [-0.25, -0.2) is 4.98 Å². The van der Waals surface area contributed by atoms with Crippen molar-refractivity contribution in [1.82, 2.24) is 14.9 Å². The first kappa shape index (κ1) is 27.4. The summed E-state index contributed by atoms with van der Waals surface area (Å²) in [5.74, 6) is 0.587. The van der Waals surface area contributed by atoms with Crippen molar-refractivity contribution < 1.29 is 0 Å². The number of H-pyrrole nitrogens is 1. The average Bonchev–Trinajstić information content (AvgIpc) is 3.47. The molecule has 204 valence electrons. The van der Waals surface area contributed by atoms with Crippen LogP contribution in [-0.2, 0) is 6.54 Å². The topological polar surface area (TPSA) is 52.2 Å². The number of pyridine rings is 2. The molecule has 40 heavy (non-hydrogen) atoms. The Morgan fingerprint density at radius 3 is 2.33 bits per heavy atom. The lowest BCUT2D eigenvalue weighted by molar-refractivity contribution is 0.327. The molecule has 3 heterocycles. The highest BCUT2D eigenvalue weighted by molar-refractivity contribution is 5.91. The zero-order valence-electron chi connectivity index (χ0n) is 23.9. The largest absolute Gasteiger partial charge is 0.378 e. The molecule has 0 aliphatic carbocycles. The Labute approximate surface area is 237 Å². The maximum Gasteiger partial charge on any atom is 0.257 e. The van der Waals surface area contributed by atoms with Crippen LogP contribution in [0, 0.1) is 0 Å². The number of hydrogen-bond acceptors (Lipinski definition) is 4. The Morgan fingerprint density at radius 2 is 1.62 bits per heavy atom. The summed E-state index contributed by atoms with van der Waals surface area (Å²) in [4.78, 5) is 24.9. The first-order chi connectivity index (χ1) is 19.5. The van der Waals surface area contributed by atoms with Crippen molar-refractivity contribution in [3.63, 3.8) is 0 Å². The van der Waals surface area contributed by atoms with E-state index in [2.05, 4.69) is 89.5 Å². The molecule has 3 aromatic carbocycles. The van der Waals surface area contributed by atoms with Gasteiger partial charge in [0.25, 0.3) is 5.56 Å². The van der Waals surface area contributed by atoms with Crippen LogP contribution in [0.15, 0.2) is 102 Å². The monoisotopic (exact) mass is 530 g/mol. The minimum Gasteiger partial charge on any atom is -0.378 e. The fourth-order valence-corrected chi connectivity index (χ4v) is 5.49. The third-order valence-electron chi connectivity index (χ3n) is 7.62. The predicted molar refractivity (Wildman–Crippen MR) is 168 cm³/mol. The number of nitrogens with one attached hydrogen (secondary N) is 1. The lowest BCUT2D eigenvalue weighted by atomic mass is 9.97. The molecule has 1 fully saturated rings. The summed E-state index contributed by atoms with van der Waals surface area (Å²) in [6, 6.07) is 31.8. The second kappa shape index (κ2) is 12.3. The molecule has 1 unspecified atom stereocenters. The van der Waals surface area contributed by atoms with E-state index in [0.29, 0.717) is 16.8 Å². The number of benzene rings is 3. The first-order valence-corrected chi connectivity index (χ1v) is 14.2. The van der Waals surface area contributed by atoms with Gasteiger partial charge in [-0.15, -0.1) is 0 Å². The van der Waals surface area contributed by atoms with E-state index in [0.717, 1.165) is 42.0 Å². The SMILES string of the molecule is CC.CN(C)c1ccc(C2CCN(Cc3ccc(-c4nc5cc[nH]c(=O)c5cc4-c4ccccc4)cc3)C2)cc1. The number of rotatable bonds is 6. The molecule has 5 aromatic rings. The second-order valence-electron chi connectivity index (χ2n) is 10.4. The molecule has 0 amide bonds. The average molecular weight is 531 g/mol. The normalized spacial score (nSPS) is 15.1. The van der Waals surface area contributed by atoms with Gasteiger partial charge in [-0.2, -0.15) is 0 Å². The highest BCUT2D eigenvalue weighted by Crippen LogP contribution is 2.33. The summed E-state index contributed by atoms with van der Waals surface area (Å²) >= 11 is 0.